The van der Waals surface area contributed by atoms with Crippen LogP contribution in [0.5, 0.6) is 0 Å². The fourth-order valence-corrected chi connectivity index (χ4v) is 5.51. The van der Waals surface area contributed by atoms with Gasteiger partial charge in [-0.25, -0.2) is 0 Å². The van der Waals surface area contributed by atoms with Gasteiger partial charge in [0.15, 0.2) is 0 Å². The van der Waals surface area contributed by atoms with Gasteiger partial charge in [-0.1, -0.05) is 59.7 Å². The van der Waals surface area contributed by atoms with E-state index in [2.05, 4.69) is 35.5 Å². The number of hydrogen-bond donors (Lipinski definition) is 3. The van der Waals surface area contributed by atoms with Crippen molar-refractivity contribution in [3.8, 4) is 6.07 Å². The van der Waals surface area contributed by atoms with Crippen LogP contribution in [0, 0.1) is 34.0 Å². The standard InChI is InChI=1S/C27H35N5O3/c1-7-16(13-28)29-24(34)21-20-17(27(20,5)6)14-32(21)25(35)22(26(2,3)4)31-23(33)19-12-15-10-8-9-11-18(15)30-19/h8-12,16-17,20-22,30H,7,14H2,1-6H3,(H,29,34)(H,31,33)/t16-,17-,20-,21-,22+/m0/s1. The van der Waals surface area contributed by atoms with Crippen LogP contribution in [0.1, 0.15) is 58.5 Å². The maximum absolute atomic E-state index is 13.9. The maximum atomic E-state index is 13.9. The van der Waals surface area contributed by atoms with Crippen LogP contribution in [0.25, 0.3) is 10.9 Å². The molecule has 1 saturated carbocycles. The van der Waals surface area contributed by atoms with Gasteiger partial charge in [0.2, 0.25) is 11.8 Å². The summed E-state index contributed by atoms with van der Waals surface area (Å²) >= 11 is 0. The monoisotopic (exact) mass is 477 g/mol. The Morgan fingerprint density at radius 1 is 1.23 bits per heavy atom. The third-order valence-electron chi connectivity index (χ3n) is 7.80. The van der Waals surface area contributed by atoms with Gasteiger partial charge in [0.1, 0.15) is 23.8 Å². The predicted octanol–water partition coefficient (Wildman–Crippen LogP) is 3.21. The predicted molar refractivity (Wildman–Crippen MR) is 133 cm³/mol. The van der Waals surface area contributed by atoms with E-state index >= 15 is 0 Å². The zero-order valence-electron chi connectivity index (χ0n) is 21.3. The van der Waals surface area contributed by atoms with Gasteiger partial charge in [0, 0.05) is 17.4 Å². The Labute approximate surface area is 206 Å². The summed E-state index contributed by atoms with van der Waals surface area (Å²) in [6.45, 7) is 12.2. The molecule has 8 heteroatoms. The van der Waals surface area contributed by atoms with E-state index in [1.165, 1.54) is 0 Å². The minimum Gasteiger partial charge on any atom is -0.351 e. The second-order valence-electron chi connectivity index (χ2n) is 11.5. The van der Waals surface area contributed by atoms with E-state index in [4.69, 9.17) is 0 Å². The molecule has 3 N–H and O–H groups in total. The number of piperidine rings is 1. The van der Waals surface area contributed by atoms with Gasteiger partial charge >= 0.3 is 0 Å². The Hall–Kier alpha value is -3.34. The number of H-pyrrole nitrogens is 1. The van der Waals surface area contributed by atoms with E-state index in [1.54, 1.807) is 11.0 Å². The summed E-state index contributed by atoms with van der Waals surface area (Å²) in [5.41, 5.74) is 0.601. The highest BCUT2D eigenvalue weighted by atomic mass is 16.2. The molecule has 1 aliphatic carbocycles. The molecule has 4 rings (SSSR count). The van der Waals surface area contributed by atoms with Gasteiger partial charge in [-0.05, 0) is 41.2 Å². The molecule has 3 amide bonds. The molecule has 2 aliphatic rings. The van der Waals surface area contributed by atoms with Crippen LogP contribution >= 0.6 is 0 Å². The number of nitrogens with one attached hydrogen (secondary N) is 3. The zero-order chi connectivity index (χ0) is 25.7. The molecule has 2 fully saturated rings. The Morgan fingerprint density at radius 2 is 1.91 bits per heavy atom. The first kappa shape index (κ1) is 24.8. The Kier molecular flexibility index (Phi) is 6.16. The molecular formula is C27H35N5O3. The largest absolute Gasteiger partial charge is 0.351 e. The highest BCUT2D eigenvalue weighted by molar-refractivity contribution is 6.01. The van der Waals surface area contributed by atoms with Crippen LogP contribution in [-0.2, 0) is 9.59 Å². The molecule has 186 valence electrons. The number of rotatable bonds is 6. The summed E-state index contributed by atoms with van der Waals surface area (Å²) in [5.74, 6) is -0.674. The molecule has 2 heterocycles. The molecule has 0 bridgehead atoms. The third-order valence-corrected chi connectivity index (χ3v) is 7.80. The summed E-state index contributed by atoms with van der Waals surface area (Å²) in [5, 5.41) is 16.0. The van der Waals surface area contributed by atoms with Crippen molar-refractivity contribution >= 4 is 28.6 Å². The quantitative estimate of drug-likeness (QED) is 0.592. The van der Waals surface area contributed by atoms with Gasteiger partial charge in [-0.3, -0.25) is 14.4 Å². The number of likely N-dealkylation sites (tertiary alicyclic amines) is 1. The Balaban J connectivity index is 1.58. The van der Waals surface area contributed by atoms with Crippen molar-refractivity contribution in [2.45, 2.75) is 66.1 Å². The number of amides is 3. The molecule has 35 heavy (non-hydrogen) atoms. The van der Waals surface area contributed by atoms with Crippen LogP contribution in [0.4, 0.5) is 0 Å². The normalized spacial score (nSPS) is 24.3. The number of carbonyl (C=O) groups excluding carboxylic acids is 3. The number of aromatic amines is 1. The van der Waals surface area contributed by atoms with E-state index < -0.39 is 23.5 Å². The second-order valence-corrected chi connectivity index (χ2v) is 11.5. The lowest BCUT2D eigenvalue weighted by Crippen LogP contribution is -2.59. The lowest BCUT2D eigenvalue weighted by atomic mass is 9.85. The second kappa shape index (κ2) is 8.71. The minimum atomic E-state index is -0.824. The van der Waals surface area contributed by atoms with Crippen LogP contribution in [0.15, 0.2) is 30.3 Å². The maximum Gasteiger partial charge on any atom is 0.268 e. The first-order valence-corrected chi connectivity index (χ1v) is 12.3. The van der Waals surface area contributed by atoms with Crippen molar-refractivity contribution in [2.24, 2.45) is 22.7 Å². The average molecular weight is 478 g/mol. The molecule has 1 saturated heterocycles. The summed E-state index contributed by atoms with van der Waals surface area (Å²) in [6, 6.07) is 9.41. The third kappa shape index (κ3) is 4.40. The van der Waals surface area contributed by atoms with Crippen LogP contribution in [-0.4, -0.2) is 52.3 Å². The van der Waals surface area contributed by atoms with Crippen molar-refractivity contribution in [3.05, 3.63) is 36.0 Å². The number of aromatic nitrogens is 1. The number of nitriles is 1. The zero-order valence-corrected chi connectivity index (χ0v) is 21.3. The highest BCUT2D eigenvalue weighted by Crippen LogP contribution is 2.65. The molecular weight excluding hydrogens is 442 g/mol. The molecule has 1 aromatic carbocycles. The number of carbonyl (C=O) groups is 3. The van der Waals surface area contributed by atoms with Crippen molar-refractivity contribution in [3.63, 3.8) is 0 Å². The molecule has 1 aromatic heterocycles. The first-order chi connectivity index (χ1) is 16.4. The molecule has 0 unspecified atom stereocenters. The molecule has 0 spiro atoms. The van der Waals surface area contributed by atoms with Crippen molar-refractivity contribution in [1.29, 1.82) is 5.26 Å². The van der Waals surface area contributed by atoms with Crippen LogP contribution < -0.4 is 10.6 Å². The van der Waals surface area contributed by atoms with E-state index in [0.29, 0.717) is 18.7 Å². The molecule has 8 nitrogen and oxygen atoms in total. The van der Waals surface area contributed by atoms with Gasteiger partial charge < -0.3 is 20.5 Å². The number of hydrogen-bond acceptors (Lipinski definition) is 4. The Bertz CT molecular complexity index is 1170. The topological polar surface area (TPSA) is 118 Å². The van der Waals surface area contributed by atoms with E-state index in [-0.39, 0.29) is 35.0 Å². The summed E-state index contributed by atoms with van der Waals surface area (Å²) in [7, 11) is 0. The van der Waals surface area contributed by atoms with Crippen molar-refractivity contribution in [2.75, 3.05) is 6.54 Å². The SMILES string of the molecule is CC[C@@H](C#N)NC(=O)[C@@H]1[C@@H]2[C@H](CN1C(=O)[C@@H](NC(=O)c1cc3ccccc3[nH]1)C(C)(C)C)C2(C)C. The molecule has 1 aliphatic heterocycles. The van der Waals surface area contributed by atoms with E-state index in [1.807, 2.05) is 52.0 Å². The van der Waals surface area contributed by atoms with E-state index in [9.17, 15) is 19.6 Å². The van der Waals surface area contributed by atoms with Crippen molar-refractivity contribution < 1.29 is 14.4 Å². The summed E-state index contributed by atoms with van der Waals surface area (Å²) in [4.78, 5) is 45.1. The first-order valence-electron chi connectivity index (χ1n) is 12.3. The highest BCUT2D eigenvalue weighted by Gasteiger charge is 2.69. The number of benzene rings is 1. The van der Waals surface area contributed by atoms with Gasteiger partial charge in [0.25, 0.3) is 5.91 Å². The lowest BCUT2D eigenvalue weighted by Gasteiger charge is -2.37. The fourth-order valence-electron chi connectivity index (χ4n) is 5.51. The molecule has 2 aromatic rings. The van der Waals surface area contributed by atoms with E-state index in [0.717, 1.165) is 10.9 Å². The minimum absolute atomic E-state index is 0.0349. The van der Waals surface area contributed by atoms with Crippen LogP contribution in [0.2, 0.25) is 0 Å². The summed E-state index contributed by atoms with van der Waals surface area (Å²) in [6.07, 6.45) is 0.492. The smallest absolute Gasteiger partial charge is 0.268 e. The van der Waals surface area contributed by atoms with Crippen LogP contribution in [0.3, 0.4) is 0 Å². The van der Waals surface area contributed by atoms with Gasteiger partial charge in [-0.15, -0.1) is 0 Å². The average Bonchev–Trinajstić information content (AvgIpc) is 3.19. The molecule has 5 atom stereocenters. The number of nitrogens with zero attached hydrogens (tertiary/aromatic N) is 2. The Morgan fingerprint density at radius 3 is 2.51 bits per heavy atom. The van der Waals surface area contributed by atoms with Gasteiger partial charge in [0.05, 0.1) is 6.07 Å². The molecule has 0 radical (unpaired) electrons. The van der Waals surface area contributed by atoms with Gasteiger partial charge in [-0.2, -0.15) is 5.26 Å². The summed E-state index contributed by atoms with van der Waals surface area (Å²) < 4.78 is 0. The fraction of sp³-hybridized carbons (Fsp3) is 0.556. The van der Waals surface area contributed by atoms with Crippen molar-refractivity contribution in [1.82, 2.24) is 20.5 Å². The number of para-hydroxylation sites is 1. The number of fused-ring (bicyclic) bond motifs is 2. The lowest BCUT2D eigenvalue weighted by molar-refractivity contribution is -0.143.